The van der Waals surface area contributed by atoms with Gasteiger partial charge in [0, 0.05) is 10.6 Å². The molecule has 0 spiro atoms. The highest BCUT2D eigenvalue weighted by Crippen LogP contribution is 2.25. The van der Waals surface area contributed by atoms with Crippen LogP contribution in [0.4, 0.5) is 5.82 Å². The SMILES string of the molecule is COc1cccc(/C=N/NC(=O)c2nnn(-c3nonc3N)c2CSc2ccccc2)c1. The Morgan fingerprint density at radius 2 is 2.09 bits per heavy atom. The normalized spacial score (nSPS) is 11.0. The Morgan fingerprint density at radius 1 is 1.25 bits per heavy atom. The number of hydrazone groups is 1. The fourth-order valence-electron chi connectivity index (χ4n) is 2.72. The van der Waals surface area contributed by atoms with Crippen LogP contribution < -0.4 is 15.9 Å². The van der Waals surface area contributed by atoms with Crippen molar-refractivity contribution in [2.45, 2.75) is 10.6 Å². The minimum absolute atomic E-state index is 0.0314. The first kappa shape index (κ1) is 21.1. The summed E-state index contributed by atoms with van der Waals surface area (Å²) in [6, 6.07) is 17.0. The zero-order valence-corrected chi connectivity index (χ0v) is 17.7. The molecule has 0 atom stereocenters. The molecular formula is C20H18N8O3S. The van der Waals surface area contributed by atoms with Crippen LogP contribution in [-0.4, -0.2) is 44.5 Å². The summed E-state index contributed by atoms with van der Waals surface area (Å²) in [5.41, 5.74) is 9.58. The minimum Gasteiger partial charge on any atom is -0.497 e. The van der Waals surface area contributed by atoms with E-state index < -0.39 is 5.91 Å². The van der Waals surface area contributed by atoms with Gasteiger partial charge in [-0.1, -0.05) is 35.5 Å². The zero-order chi connectivity index (χ0) is 22.3. The number of thioether (sulfide) groups is 1. The summed E-state index contributed by atoms with van der Waals surface area (Å²) in [6.45, 7) is 0. The van der Waals surface area contributed by atoms with Crippen molar-refractivity contribution in [2.24, 2.45) is 5.10 Å². The van der Waals surface area contributed by atoms with E-state index in [2.05, 4.69) is 35.8 Å². The average molecular weight is 450 g/mol. The maximum atomic E-state index is 12.8. The molecule has 0 radical (unpaired) electrons. The largest absolute Gasteiger partial charge is 0.497 e. The molecule has 4 rings (SSSR count). The minimum atomic E-state index is -0.533. The van der Waals surface area contributed by atoms with Crippen LogP contribution in [0.25, 0.3) is 5.82 Å². The summed E-state index contributed by atoms with van der Waals surface area (Å²) in [6.07, 6.45) is 1.50. The Morgan fingerprint density at radius 3 is 2.84 bits per heavy atom. The summed E-state index contributed by atoms with van der Waals surface area (Å²) in [5.74, 6) is 0.700. The second kappa shape index (κ2) is 9.75. The molecule has 4 aromatic rings. The highest BCUT2D eigenvalue weighted by atomic mass is 32.2. The molecule has 162 valence electrons. The molecule has 2 heterocycles. The first-order chi connectivity index (χ1) is 15.7. The van der Waals surface area contributed by atoms with Crippen molar-refractivity contribution < 1.29 is 14.2 Å². The van der Waals surface area contributed by atoms with Gasteiger partial charge in [-0.3, -0.25) is 4.79 Å². The number of rotatable bonds is 8. The van der Waals surface area contributed by atoms with E-state index in [0.717, 1.165) is 10.5 Å². The number of benzene rings is 2. The third-order valence-electron chi connectivity index (χ3n) is 4.27. The highest BCUT2D eigenvalue weighted by molar-refractivity contribution is 7.98. The lowest BCUT2D eigenvalue weighted by Crippen LogP contribution is -2.20. The van der Waals surface area contributed by atoms with Crippen LogP contribution in [0, 0.1) is 0 Å². The van der Waals surface area contributed by atoms with E-state index in [9.17, 15) is 4.79 Å². The van der Waals surface area contributed by atoms with E-state index in [1.165, 1.54) is 22.7 Å². The van der Waals surface area contributed by atoms with Crippen molar-refractivity contribution in [1.82, 2.24) is 30.7 Å². The molecule has 0 aliphatic carbocycles. The van der Waals surface area contributed by atoms with E-state index in [1.807, 2.05) is 48.5 Å². The number of hydrogen-bond donors (Lipinski definition) is 2. The van der Waals surface area contributed by atoms with Crippen LogP contribution in [0.15, 0.2) is 69.2 Å². The topological polar surface area (TPSA) is 146 Å². The van der Waals surface area contributed by atoms with E-state index >= 15 is 0 Å². The maximum absolute atomic E-state index is 12.8. The maximum Gasteiger partial charge on any atom is 0.293 e. The number of nitrogens with one attached hydrogen (secondary N) is 1. The molecule has 0 unspecified atom stereocenters. The van der Waals surface area contributed by atoms with Crippen molar-refractivity contribution >= 4 is 29.7 Å². The van der Waals surface area contributed by atoms with Gasteiger partial charge in [-0.15, -0.1) is 16.9 Å². The van der Waals surface area contributed by atoms with Crippen molar-refractivity contribution in [3.8, 4) is 11.6 Å². The van der Waals surface area contributed by atoms with E-state index in [1.54, 1.807) is 13.2 Å². The fourth-order valence-corrected chi connectivity index (χ4v) is 3.64. The second-order valence-electron chi connectivity index (χ2n) is 6.35. The van der Waals surface area contributed by atoms with Crippen LogP contribution >= 0.6 is 11.8 Å². The van der Waals surface area contributed by atoms with Gasteiger partial charge in [0.25, 0.3) is 5.91 Å². The van der Waals surface area contributed by atoms with Crippen molar-refractivity contribution in [3.05, 3.63) is 71.5 Å². The van der Waals surface area contributed by atoms with Gasteiger partial charge in [-0.05, 0) is 40.1 Å². The standard InChI is InChI=1S/C20H18N8O3S/c1-30-14-7-5-6-13(10-14)11-22-24-20(29)17-16(12-32-15-8-3-2-4-9-15)28(27-23-17)19-18(21)25-31-26-19/h2-11H,12H2,1H3,(H2,21,25)(H,24,29)/b22-11+. The molecule has 3 N–H and O–H groups in total. The summed E-state index contributed by atoms with van der Waals surface area (Å²) < 4.78 is 11.2. The molecule has 0 aliphatic heterocycles. The molecule has 2 aromatic heterocycles. The van der Waals surface area contributed by atoms with Gasteiger partial charge in [0.2, 0.25) is 11.6 Å². The number of amides is 1. The molecule has 0 saturated carbocycles. The molecule has 1 amide bonds. The molecule has 0 bridgehead atoms. The first-order valence-electron chi connectivity index (χ1n) is 9.34. The Balaban J connectivity index is 1.56. The molecule has 0 fully saturated rings. The van der Waals surface area contributed by atoms with Gasteiger partial charge in [-0.25, -0.2) is 10.1 Å². The van der Waals surface area contributed by atoms with Crippen LogP contribution in [0.3, 0.4) is 0 Å². The van der Waals surface area contributed by atoms with Crippen molar-refractivity contribution in [1.29, 1.82) is 0 Å². The summed E-state index contributed by atoms with van der Waals surface area (Å²) in [4.78, 5) is 13.8. The predicted octanol–water partition coefficient (Wildman–Crippen LogP) is 2.30. The second-order valence-corrected chi connectivity index (χ2v) is 7.40. The lowest BCUT2D eigenvalue weighted by atomic mass is 10.2. The van der Waals surface area contributed by atoms with Crippen LogP contribution in [0.5, 0.6) is 5.75 Å². The molecular weight excluding hydrogens is 432 g/mol. The number of carbonyl (C=O) groups is 1. The molecule has 2 aromatic carbocycles. The Labute approximate surface area is 186 Å². The van der Waals surface area contributed by atoms with Gasteiger partial charge in [0.15, 0.2) is 5.69 Å². The van der Waals surface area contributed by atoms with Crippen molar-refractivity contribution in [2.75, 3.05) is 12.8 Å². The Kier molecular flexibility index (Phi) is 6.41. The third-order valence-corrected chi connectivity index (χ3v) is 5.29. The Hall–Kier alpha value is -4.19. The van der Waals surface area contributed by atoms with Gasteiger partial charge in [0.1, 0.15) is 5.75 Å². The van der Waals surface area contributed by atoms with Crippen molar-refractivity contribution in [3.63, 3.8) is 0 Å². The summed E-state index contributed by atoms with van der Waals surface area (Å²) in [5, 5.41) is 19.4. The fraction of sp³-hybridized carbons (Fsp3) is 0.100. The number of nitrogens with zero attached hydrogens (tertiary/aromatic N) is 6. The quantitative estimate of drug-likeness (QED) is 0.234. The van der Waals surface area contributed by atoms with Crippen LogP contribution in [-0.2, 0) is 5.75 Å². The lowest BCUT2D eigenvalue weighted by Gasteiger charge is -2.05. The number of hydrogen-bond acceptors (Lipinski definition) is 10. The third kappa shape index (κ3) is 4.75. The molecule has 11 nitrogen and oxygen atoms in total. The number of carbonyl (C=O) groups excluding carboxylic acids is 1. The molecule has 0 aliphatic rings. The number of nitrogen functional groups attached to an aromatic ring is 1. The van der Waals surface area contributed by atoms with Gasteiger partial charge < -0.3 is 10.5 Å². The first-order valence-corrected chi connectivity index (χ1v) is 10.3. The zero-order valence-electron chi connectivity index (χ0n) is 16.9. The molecule has 0 saturated heterocycles. The lowest BCUT2D eigenvalue weighted by molar-refractivity contribution is 0.0949. The number of anilines is 1. The van der Waals surface area contributed by atoms with Crippen LogP contribution in [0.1, 0.15) is 21.7 Å². The summed E-state index contributed by atoms with van der Waals surface area (Å²) in [7, 11) is 1.58. The number of methoxy groups -OCH3 is 1. The van der Waals surface area contributed by atoms with Gasteiger partial charge in [0.05, 0.1) is 19.0 Å². The number of aromatic nitrogens is 5. The van der Waals surface area contributed by atoms with Crippen LogP contribution in [0.2, 0.25) is 0 Å². The van der Waals surface area contributed by atoms with E-state index in [4.69, 9.17) is 10.5 Å². The number of ether oxygens (including phenoxy) is 1. The average Bonchev–Trinajstić information content (AvgIpc) is 3.44. The molecule has 32 heavy (non-hydrogen) atoms. The highest BCUT2D eigenvalue weighted by Gasteiger charge is 2.24. The summed E-state index contributed by atoms with van der Waals surface area (Å²) >= 11 is 1.50. The van der Waals surface area contributed by atoms with E-state index in [-0.39, 0.29) is 17.3 Å². The predicted molar refractivity (Wildman–Crippen MR) is 118 cm³/mol. The number of nitrogens with two attached hydrogens (primary N) is 1. The smallest absolute Gasteiger partial charge is 0.293 e. The molecule has 12 heteroatoms. The van der Waals surface area contributed by atoms with Gasteiger partial charge in [-0.2, -0.15) is 9.78 Å². The van der Waals surface area contributed by atoms with E-state index in [0.29, 0.717) is 17.2 Å². The Bertz CT molecular complexity index is 1240. The monoisotopic (exact) mass is 450 g/mol. The van der Waals surface area contributed by atoms with Gasteiger partial charge >= 0.3 is 0 Å².